The maximum absolute atomic E-state index is 12.1. The highest BCUT2D eigenvalue weighted by molar-refractivity contribution is 5.76. The smallest absolute Gasteiger partial charge is 0.222 e. The molecule has 1 amide bonds. The lowest BCUT2D eigenvalue weighted by Crippen LogP contribution is -2.43. The molecule has 1 saturated heterocycles. The molecule has 0 saturated carbocycles. The predicted molar refractivity (Wildman–Crippen MR) is 76.6 cm³/mol. The van der Waals surface area contributed by atoms with Crippen molar-refractivity contribution in [3.05, 3.63) is 0 Å². The van der Waals surface area contributed by atoms with Crippen molar-refractivity contribution in [3.8, 4) is 0 Å². The zero-order valence-corrected chi connectivity index (χ0v) is 12.6. The quantitative estimate of drug-likeness (QED) is 0.790. The Morgan fingerprint density at radius 2 is 2.06 bits per heavy atom. The first kappa shape index (κ1) is 15.5. The Morgan fingerprint density at radius 3 is 2.67 bits per heavy atom. The second-order valence-electron chi connectivity index (χ2n) is 6.30. The first-order valence-electron chi connectivity index (χ1n) is 7.49. The Kier molecular flexibility index (Phi) is 6.13. The van der Waals surface area contributed by atoms with Crippen LogP contribution < -0.4 is 5.32 Å². The molecule has 0 aliphatic carbocycles. The van der Waals surface area contributed by atoms with Gasteiger partial charge in [0.2, 0.25) is 5.91 Å². The predicted octanol–water partition coefficient (Wildman–Crippen LogP) is 2.80. The van der Waals surface area contributed by atoms with Crippen LogP contribution in [0, 0.1) is 5.41 Å². The van der Waals surface area contributed by atoms with E-state index in [9.17, 15) is 4.79 Å². The van der Waals surface area contributed by atoms with Gasteiger partial charge in [-0.2, -0.15) is 0 Å². The Morgan fingerprint density at radius 1 is 1.33 bits per heavy atom. The molecule has 3 nitrogen and oxygen atoms in total. The molecule has 3 heteroatoms. The zero-order valence-electron chi connectivity index (χ0n) is 12.6. The van der Waals surface area contributed by atoms with E-state index >= 15 is 0 Å². The lowest BCUT2D eigenvalue weighted by molar-refractivity contribution is -0.131. The number of nitrogens with zero attached hydrogens (tertiary/aromatic N) is 1. The molecule has 0 aromatic rings. The third-order valence-electron chi connectivity index (χ3n) is 4.00. The van der Waals surface area contributed by atoms with Crippen molar-refractivity contribution in [2.75, 3.05) is 19.6 Å². The van der Waals surface area contributed by atoms with E-state index in [0.717, 1.165) is 45.3 Å². The average Bonchev–Trinajstić information content (AvgIpc) is 2.43. The summed E-state index contributed by atoms with van der Waals surface area (Å²) in [6, 6.07) is 0.463. The molecule has 1 heterocycles. The van der Waals surface area contributed by atoms with Gasteiger partial charge in [0.1, 0.15) is 0 Å². The highest BCUT2D eigenvalue weighted by Crippen LogP contribution is 2.30. The van der Waals surface area contributed by atoms with Gasteiger partial charge >= 0.3 is 0 Å². The monoisotopic (exact) mass is 254 g/mol. The van der Waals surface area contributed by atoms with Gasteiger partial charge in [0, 0.05) is 25.6 Å². The van der Waals surface area contributed by atoms with Crippen LogP contribution in [-0.4, -0.2) is 36.5 Å². The van der Waals surface area contributed by atoms with Crippen LogP contribution in [0.15, 0.2) is 0 Å². The molecular formula is C15H30N2O. The summed E-state index contributed by atoms with van der Waals surface area (Å²) in [5, 5.41) is 3.50. The van der Waals surface area contributed by atoms with Gasteiger partial charge in [-0.25, -0.2) is 0 Å². The SMILES string of the molecule is CCCC(CN1CCC(C)(C)CCC1=O)NCC. The standard InChI is InChI=1S/C15H30N2O/c1-5-7-13(16-6-2)12-17-11-10-15(3,4)9-8-14(17)18/h13,16H,5-12H2,1-4H3. The number of carbonyl (C=O) groups is 1. The Balaban J connectivity index is 2.55. The van der Waals surface area contributed by atoms with Crippen molar-refractivity contribution < 1.29 is 4.79 Å². The van der Waals surface area contributed by atoms with Gasteiger partial charge in [0.15, 0.2) is 0 Å². The third kappa shape index (κ3) is 4.97. The molecule has 106 valence electrons. The van der Waals surface area contributed by atoms with Crippen LogP contribution in [0.25, 0.3) is 0 Å². The minimum absolute atomic E-state index is 0.322. The normalized spacial score (nSPS) is 21.8. The maximum atomic E-state index is 12.1. The molecule has 1 fully saturated rings. The Hall–Kier alpha value is -0.570. The minimum Gasteiger partial charge on any atom is -0.341 e. The van der Waals surface area contributed by atoms with E-state index < -0.39 is 0 Å². The minimum atomic E-state index is 0.322. The third-order valence-corrected chi connectivity index (χ3v) is 4.00. The summed E-state index contributed by atoms with van der Waals surface area (Å²) in [6.45, 7) is 11.7. The number of nitrogens with one attached hydrogen (secondary N) is 1. The van der Waals surface area contributed by atoms with Crippen LogP contribution in [0.5, 0.6) is 0 Å². The number of hydrogen-bond donors (Lipinski definition) is 1. The van der Waals surface area contributed by atoms with Gasteiger partial charge in [-0.3, -0.25) is 4.79 Å². The molecular weight excluding hydrogens is 224 g/mol. The molecule has 0 aromatic carbocycles. The van der Waals surface area contributed by atoms with Crippen LogP contribution in [0.1, 0.15) is 59.8 Å². The summed E-state index contributed by atoms with van der Waals surface area (Å²) in [5.41, 5.74) is 0.322. The second-order valence-corrected chi connectivity index (χ2v) is 6.30. The van der Waals surface area contributed by atoms with Crippen LogP contribution in [0.4, 0.5) is 0 Å². The number of likely N-dealkylation sites (tertiary alicyclic amines) is 1. The summed E-state index contributed by atoms with van der Waals surface area (Å²) in [7, 11) is 0. The molecule has 1 unspecified atom stereocenters. The van der Waals surface area contributed by atoms with Gasteiger partial charge in [-0.15, -0.1) is 0 Å². The molecule has 1 N–H and O–H groups in total. The van der Waals surface area contributed by atoms with Gasteiger partial charge in [-0.1, -0.05) is 34.1 Å². The fraction of sp³-hybridized carbons (Fsp3) is 0.933. The molecule has 18 heavy (non-hydrogen) atoms. The Labute approximate surface area is 112 Å². The van der Waals surface area contributed by atoms with Crippen LogP contribution in [-0.2, 0) is 4.79 Å². The first-order valence-corrected chi connectivity index (χ1v) is 7.49. The molecule has 0 spiro atoms. The highest BCUT2D eigenvalue weighted by Gasteiger charge is 2.28. The second kappa shape index (κ2) is 7.13. The van der Waals surface area contributed by atoms with Crippen molar-refractivity contribution in [1.82, 2.24) is 10.2 Å². The number of hydrogen-bond acceptors (Lipinski definition) is 2. The van der Waals surface area contributed by atoms with E-state index in [2.05, 4.69) is 37.9 Å². The van der Waals surface area contributed by atoms with Crippen LogP contribution >= 0.6 is 0 Å². The molecule has 1 atom stereocenters. The molecule has 0 aromatic heterocycles. The molecule has 0 bridgehead atoms. The number of rotatable bonds is 6. The number of carbonyl (C=O) groups excluding carboxylic acids is 1. The van der Waals surface area contributed by atoms with E-state index in [1.165, 1.54) is 6.42 Å². The van der Waals surface area contributed by atoms with Crippen molar-refractivity contribution in [2.24, 2.45) is 5.41 Å². The van der Waals surface area contributed by atoms with Crippen LogP contribution in [0.3, 0.4) is 0 Å². The zero-order chi connectivity index (χ0) is 13.6. The van der Waals surface area contributed by atoms with E-state index in [4.69, 9.17) is 0 Å². The molecule has 1 aliphatic rings. The van der Waals surface area contributed by atoms with E-state index in [0.29, 0.717) is 17.4 Å². The number of likely N-dealkylation sites (N-methyl/N-ethyl adjacent to an activating group) is 1. The van der Waals surface area contributed by atoms with E-state index in [1.54, 1.807) is 0 Å². The highest BCUT2D eigenvalue weighted by atomic mass is 16.2. The number of amides is 1. The molecule has 1 aliphatic heterocycles. The van der Waals surface area contributed by atoms with Crippen molar-refractivity contribution >= 4 is 5.91 Å². The Bertz CT molecular complexity index is 257. The van der Waals surface area contributed by atoms with Gasteiger partial charge in [0.25, 0.3) is 0 Å². The summed E-state index contributed by atoms with van der Waals surface area (Å²) in [5.74, 6) is 0.347. The van der Waals surface area contributed by atoms with Gasteiger partial charge in [-0.05, 0) is 31.2 Å². The fourth-order valence-electron chi connectivity index (χ4n) is 2.64. The van der Waals surface area contributed by atoms with Crippen LogP contribution in [0.2, 0.25) is 0 Å². The first-order chi connectivity index (χ1) is 8.48. The summed E-state index contributed by atoms with van der Waals surface area (Å²) in [4.78, 5) is 14.2. The average molecular weight is 254 g/mol. The lowest BCUT2D eigenvalue weighted by atomic mass is 9.85. The molecule has 0 radical (unpaired) electrons. The lowest BCUT2D eigenvalue weighted by Gasteiger charge is -2.28. The largest absolute Gasteiger partial charge is 0.341 e. The van der Waals surface area contributed by atoms with E-state index in [-0.39, 0.29) is 0 Å². The van der Waals surface area contributed by atoms with Crippen molar-refractivity contribution in [1.29, 1.82) is 0 Å². The van der Waals surface area contributed by atoms with E-state index in [1.807, 2.05) is 0 Å². The summed E-state index contributed by atoms with van der Waals surface area (Å²) < 4.78 is 0. The van der Waals surface area contributed by atoms with Crippen molar-refractivity contribution in [2.45, 2.75) is 65.8 Å². The maximum Gasteiger partial charge on any atom is 0.222 e. The fourth-order valence-corrected chi connectivity index (χ4v) is 2.64. The topological polar surface area (TPSA) is 32.3 Å². The summed E-state index contributed by atoms with van der Waals surface area (Å²) >= 11 is 0. The summed E-state index contributed by atoms with van der Waals surface area (Å²) in [6.07, 6.45) is 5.20. The molecule has 1 rings (SSSR count). The van der Waals surface area contributed by atoms with Gasteiger partial charge in [0.05, 0.1) is 0 Å². The van der Waals surface area contributed by atoms with Crippen molar-refractivity contribution in [3.63, 3.8) is 0 Å². The van der Waals surface area contributed by atoms with Gasteiger partial charge < -0.3 is 10.2 Å².